The molecule has 1 aromatic heterocycles. The average Bonchev–Trinajstić information content (AvgIpc) is 3.02. The molecule has 0 bridgehead atoms. The Morgan fingerprint density at radius 3 is 2.44 bits per heavy atom. The summed E-state index contributed by atoms with van der Waals surface area (Å²) in [5.41, 5.74) is 5.23. The van der Waals surface area contributed by atoms with Crippen LogP contribution in [0.5, 0.6) is 0 Å². The maximum atomic E-state index is 12.1. The summed E-state index contributed by atoms with van der Waals surface area (Å²) in [5, 5.41) is 0. The Morgan fingerprint density at radius 2 is 1.59 bits per heavy atom. The maximum absolute atomic E-state index is 12.1. The van der Waals surface area contributed by atoms with E-state index in [1.807, 2.05) is 30.3 Å². The van der Waals surface area contributed by atoms with Crippen molar-refractivity contribution in [3.63, 3.8) is 0 Å². The topological polar surface area (TPSA) is 38.4 Å². The lowest BCUT2D eigenvalue weighted by Gasteiger charge is -2.19. The van der Waals surface area contributed by atoms with Crippen LogP contribution in [0.25, 0.3) is 22.2 Å². The fourth-order valence-corrected chi connectivity index (χ4v) is 3.42. The standard InChI is InChI=1S/C23H22N2O2/c1-24(15-16-25-21-13-7-8-14-22(21)27-23(25)26)17-19-11-5-6-12-20(19)18-9-3-2-4-10-18/h2-14H,15-17H2,1H3. The van der Waals surface area contributed by atoms with E-state index in [4.69, 9.17) is 4.42 Å². The molecule has 4 nitrogen and oxygen atoms in total. The third kappa shape index (κ3) is 3.71. The number of benzene rings is 3. The minimum Gasteiger partial charge on any atom is -0.408 e. The van der Waals surface area contributed by atoms with Crippen molar-refractivity contribution in [2.24, 2.45) is 0 Å². The number of nitrogens with zero attached hydrogens (tertiary/aromatic N) is 2. The van der Waals surface area contributed by atoms with Gasteiger partial charge in [0, 0.05) is 19.6 Å². The van der Waals surface area contributed by atoms with Gasteiger partial charge in [0.25, 0.3) is 0 Å². The smallest absolute Gasteiger partial charge is 0.408 e. The van der Waals surface area contributed by atoms with Crippen molar-refractivity contribution < 1.29 is 4.42 Å². The predicted molar refractivity (Wildman–Crippen MR) is 109 cm³/mol. The van der Waals surface area contributed by atoms with Gasteiger partial charge in [0.05, 0.1) is 5.52 Å². The van der Waals surface area contributed by atoms with Crippen LogP contribution in [0, 0.1) is 0 Å². The predicted octanol–water partition coefficient (Wildman–Crippen LogP) is 4.39. The van der Waals surface area contributed by atoms with Crippen LogP contribution in [0.4, 0.5) is 0 Å². The van der Waals surface area contributed by atoms with E-state index >= 15 is 0 Å². The SMILES string of the molecule is CN(CCn1c(=O)oc2ccccc21)Cc1ccccc1-c1ccccc1. The van der Waals surface area contributed by atoms with Crippen molar-refractivity contribution in [2.45, 2.75) is 13.1 Å². The summed E-state index contributed by atoms with van der Waals surface area (Å²) in [4.78, 5) is 14.4. The second-order valence-corrected chi connectivity index (χ2v) is 6.75. The zero-order valence-corrected chi connectivity index (χ0v) is 15.3. The first-order chi connectivity index (χ1) is 13.2. The van der Waals surface area contributed by atoms with E-state index in [2.05, 4.69) is 60.5 Å². The van der Waals surface area contributed by atoms with Gasteiger partial charge in [-0.15, -0.1) is 0 Å². The van der Waals surface area contributed by atoms with Crippen molar-refractivity contribution in [3.05, 3.63) is 95.0 Å². The maximum Gasteiger partial charge on any atom is 0.419 e. The molecule has 3 aromatic carbocycles. The van der Waals surface area contributed by atoms with Crippen molar-refractivity contribution in [2.75, 3.05) is 13.6 Å². The van der Waals surface area contributed by atoms with E-state index in [9.17, 15) is 4.79 Å². The number of oxazole rings is 1. The second-order valence-electron chi connectivity index (χ2n) is 6.75. The molecule has 0 radical (unpaired) electrons. The van der Waals surface area contributed by atoms with Gasteiger partial charge in [-0.25, -0.2) is 4.79 Å². The minimum absolute atomic E-state index is 0.297. The Balaban J connectivity index is 1.50. The fourth-order valence-electron chi connectivity index (χ4n) is 3.42. The van der Waals surface area contributed by atoms with E-state index < -0.39 is 0 Å². The Bertz CT molecular complexity index is 1100. The van der Waals surface area contributed by atoms with E-state index in [0.29, 0.717) is 12.1 Å². The molecule has 0 fully saturated rings. The summed E-state index contributed by atoms with van der Waals surface area (Å²) >= 11 is 0. The van der Waals surface area contributed by atoms with E-state index in [1.165, 1.54) is 16.7 Å². The van der Waals surface area contributed by atoms with Crippen LogP contribution in [-0.4, -0.2) is 23.1 Å². The van der Waals surface area contributed by atoms with Gasteiger partial charge in [-0.1, -0.05) is 66.7 Å². The summed E-state index contributed by atoms with van der Waals surface area (Å²) < 4.78 is 7.02. The highest BCUT2D eigenvalue weighted by atomic mass is 16.4. The molecule has 0 saturated carbocycles. The van der Waals surface area contributed by atoms with Gasteiger partial charge < -0.3 is 9.32 Å². The van der Waals surface area contributed by atoms with Gasteiger partial charge in [-0.3, -0.25) is 4.57 Å². The fraction of sp³-hybridized carbons (Fsp3) is 0.174. The Hall–Kier alpha value is -3.11. The van der Waals surface area contributed by atoms with Crippen molar-refractivity contribution in [1.29, 1.82) is 0 Å². The third-order valence-corrected chi connectivity index (χ3v) is 4.82. The van der Waals surface area contributed by atoms with Crippen LogP contribution in [-0.2, 0) is 13.1 Å². The third-order valence-electron chi connectivity index (χ3n) is 4.82. The minimum atomic E-state index is -0.297. The van der Waals surface area contributed by atoms with Gasteiger partial charge in [0.15, 0.2) is 5.58 Å². The highest BCUT2D eigenvalue weighted by Gasteiger charge is 2.11. The lowest BCUT2D eigenvalue weighted by molar-refractivity contribution is 0.308. The van der Waals surface area contributed by atoms with Crippen molar-refractivity contribution in [1.82, 2.24) is 9.47 Å². The lowest BCUT2D eigenvalue weighted by atomic mass is 9.99. The second kappa shape index (κ2) is 7.64. The number of aromatic nitrogens is 1. The molecule has 0 aliphatic rings. The Kier molecular flexibility index (Phi) is 4.90. The molecule has 0 N–H and O–H groups in total. The zero-order chi connectivity index (χ0) is 18.6. The van der Waals surface area contributed by atoms with Crippen LogP contribution in [0.2, 0.25) is 0 Å². The number of hydrogen-bond acceptors (Lipinski definition) is 3. The number of likely N-dealkylation sites (N-methyl/N-ethyl adjacent to an activating group) is 1. The molecular formula is C23H22N2O2. The molecule has 0 amide bonds. The molecule has 0 unspecified atom stereocenters. The molecule has 0 aliphatic heterocycles. The van der Waals surface area contributed by atoms with Crippen LogP contribution in [0.3, 0.4) is 0 Å². The summed E-state index contributed by atoms with van der Waals surface area (Å²) in [7, 11) is 2.08. The number of para-hydroxylation sites is 2. The average molecular weight is 358 g/mol. The molecule has 0 aliphatic carbocycles. The summed E-state index contributed by atoms with van der Waals surface area (Å²) in [6.45, 7) is 2.17. The van der Waals surface area contributed by atoms with Crippen molar-refractivity contribution in [3.8, 4) is 11.1 Å². The van der Waals surface area contributed by atoms with Gasteiger partial charge in [-0.2, -0.15) is 0 Å². The molecule has 0 atom stereocenters. The van der Waals surface area contributed by atoms with E-state index in [0.717, 1.165) is 18.6 Å². The van der Waals surface area contributed by atoms with Gasteiger partial charge in [0.1, 0.15) is 0 Å². The zero-order valence-electron chi connectivity index (χ0n) is 15.3. The number of hydrogen-bond donors (Lipinski definition) is 0. The lowest BCUT2D eigenvalue weighted by Crippen LogP contribution is -2.26. The molecule has 4 heteroatoms. The molecule has 0 spiro atoms. The van der Waals surface area contributed by atoms with E-state index in [1.54, 1.807) is 4.57 Å². The van der Waals surface area contributed by atoms with Gasteiger partial charge >= 0.3 is 5.76 Å². The summed E-state index contributed by atoms with van der Waals surface area (Å²) in [5.74, 6) is -0.297. The molecule has 1 heterocycles. The van der Waals surface area contributed by atoms with Gasteiger partial charge in [0.2, 0.25) is 0 Å². The molecular weight excluding hydrogens is 336 g/mol. The van der Waals surface area contributed by atoms with Crippen molar-refractivity contribution >= 4 is 11.1 Å². The first-order valence-electron chi connectivity index (χ1n) is 9.12. The molecule has 4 rings (SSSR count). The molecule has 136 valence electrons. The number of fused-ring (bicyclic) bond motifs is 1. The summed E-state index contributed by atoms with van der Waals surface area (Å²) in [6, 6.07) is 26.4. The van der Waals surface area contributed by atoms with Crippen LogP contribution in [0.15, 0.2) is 88.1 Å². The summed E-state index contributed by atoms with van der Waals surface area (Å²) in [6.07, 6.45) is 0. The van der Waals surface area contributed by atoms with Gasteiger partial charge in [-0.05, 0) is 35.9 Å². The highest BCUT2D eigenvalue weighted by Crippen LogP contribution is 2.24. The Morgan fingerprint density at radius 1 is 0.889 bits per heavy atom. The quantitative estimate of drug-likeness (QED) is 0.513. The first-order valence-corrected chi connectivity index (χ1v) is 9.12. The molecule has 4 aromatic rings. The Labute approximate surface area is 158 Å². The monoisotopic (exact) mass is 358 g/mol. The van der Waals surface area contributed by atoms with Crippen LogP contribution >= 0.6 is 0 Å². The largest absolute Gasteiger partial charge is 0.419 e. The highest BCUT2D eigenvalue weighted by molar-refractivity contribution is 5.72. The van der Waals surface area contributed by atoms with Crippen LogP contribution < -0.4 is 5.76 Å². The number of rotatable bonds is 6. The van der Waals surface area contributed by atoms with Crippen LogP contribution in [0.1, 0.15) is 5.56 Å². The molecule has 27 heavy (non-hydrogen) atoms. The normalized spacial score (nSPS) is 11.3. The molecule has 0 saturated heterocycles. The first kappa shape index (κ1) is 17.3. The van der Waals surface area contributed by atoms with E-state index in [-0.39, 0.29) is 5.76 Å².